The zero-order valence-corrected chi connectivity index (χ0v) is 33.2. The Balaban J connectivity index is 0.000000436. The number of unbranched alkanes of at least 4 members (excludes halogenated alkanes) is 6. The van der Waals surface area contributed by atoms with Gasteiger partial charge in [-0.25, -0.2) is 0 Å². The monoisotopic (exact) mass is 805 g/mol. The first-order valence-electron chi connectivity index (χ1n) is 19.4. The van der Waals surface area contributed by atoms with Crippen LogP contribution < -0.4 is 4.74 Å². The van der Waals surface area contributed by atoms with Crippen LogP contribution in [-0.4, -0.2) is 40.3 Å². The Hall–Kier alpha value is -5.87. The topological polar surface area (TPSA) is 192 Å². The first-order chi connectivity index (χ1) is 27.6. The van der Waals surface area contributed by atoms with Crippen molar-refractivity contribution in [2.75, 3.05) is 7.11 Å². The standard InChI is InChI=1S/C15H16F3NO2.C15H19NO3.C15H19NO2/c16-15(17,18)13-8-4-6-11(9-13)5-2-1-3-7-12(10-19)14(20)21;1-19-14-9-7-12(8-10-14)5-3-2-4-6-13(11-16)15(17)18;1-12-7-9-13(10-8-12)5-3-2-4-6-14(11-16)15(17)18/h4,6,8-9,12H,1-3,5,7H2,(H,20,21);7-10,13H,2-6H2,1H3,(H,17,18);7-10,14H,2-6H2,1H3,(H,17,18). The van der Waals surface area contributed by atoms with Gasteiger partial charge in [0, 0.05) is 0 Å². The van der Waals surface area contributed by atoms with Crippen LogP contribution in [-0.2, 0) is 39.8 Å². The molecule has 10 nitrogen and oxygen atoms in total. The smallest absolute Gasteiger partial charge is 0.416 e. The number of carbonyl (C=O) groups is 3. The van der Waals surface area contributed by atoms with E-state index < -0.39 is 47.4 Å². The highest BCUT2D eigenvalue weighted by Gasteiger charge is 2.30. The number of rotatable bonds is 22. The quantitative estimate of drug-likeness (QED) is 0.0823. The van der Waals surface area contributed by atoms with Gasteiger partial charge in [0.25, 0.3) is 0 Å². The predicted molar refractivity (Wildman–Crippen MR) is 212 cm³/mol. The third kappa shape index (κ3) is 22.0. The molecule has 3 N–H and O–H groups in total. The fourth-order valence-electron chi connectivity index (χ4n) is 5.74. The molecule has 312 valence electrons. The summed E-state index contributed by atoms with van der Waals surface area (Å²) < 4.78 is 42.7. The minimum atomic E-state index is -4.34. The van der Waals surface area contributed by atoms with Crippen LogP contribution in [0.15, 0.2) is 72.8 Å². The molecule has 58 heavy (non-hydrogen) atoms. The molecule has 3 unspecified atom stereocenters. The van der Waals surface area contributed by atoms with E-state index in [4.69, 9.17) is 35.8 Å². The van der Waals surface area contributed by atoms with Gasteiger partial charge < -0.3 is 20.1 Å². The average Bonchev–Trinajstić information content (AvgIpc) is 3.19. The third-order valence-electron chi connectivity index (χ3n) is 9.27. The van der Waals surface area contributed by atoms with Crippen LogP contribution >= 0.6 is 0 Å². The second kappa shape index (κ2) is 28.5. The van der Waals surface area contributed by atoms with Crippen LogP contribution in [0.3, 0.4) is 0 Å². The second-order valence-corrected chi connectivity index (χ2v) is 13.9. The first kappa shape index (κ1) is 50.1. The molecular formula is C45H54F3N3O7. The maximum Gasteiger partial charge on any atom is 0.416 e. The number of ether oxygens (including phenoxy) is 1. The van der Waals surface area contributed by atoms with Gasteiger partial charge in [-0.15, -0.1) is 0 Å². The van der Waals surface area contributed by atoms with Crippen LogP contribution in [0.1, 0.15) is 105 Å². The molecule has 0 aliphatic carbocycles. The Morgan fingerprint density at radius 2 is 0.966 bits per heavy atom. The lowest BCUT2D eigenvalue weighted by atomic mass is 10.00. The Kier molecular flexibility index (Phi) is 24.7. The summed E-state index contributed by atoms with van der Waals surface area (Å²) in [6.07, 6.45) is 6.79. The highest BCUT2D eigenvalue weighted by Crippen LogP contribution is 2.30. The van der Waals surface area contributed by atoms with E-state index in [1.165, 1.54) is 22.8 Å². The molecule has 0 saturated heterocycles. The largest absolute Gasteiger partial charge is 0.497 e. The summed E-state index contributed by atoms with van der Waals surface area (Å²) in [5.41, 5.74) is 3.78. The number of aliphatic carboxylic acids is 3. The van der Waals surface area contributed by atoms with Crippen LogP contribution in [0.25, 0.3) is 0 Å². The van der Waals surface area contributed by atoms with E-state index >= 15 is 0 Å². The van der Waals surface area contributed by atoms with Crippen molar-refractivity contribution < 1.29 is 47.6 Å². The second-order valence-electron chi connectivity index (χ2n) is 13.9. The van der Waals surface area contributed by atoms with Gasteiger partial charge in [0.2, 0.25) is 0 Å². The summed E-state index contributed by atoms with van der Waals surface area (Å²) >= 11 is 0. The van der Waals surface area contributed by atoms with Crippen molar-refractivity contribution in [1.82, 2.24) is 0 Å². The fraction of sp³-hybridized carbons (Fsp3) is 0.467. The first-order valence-corrected chi connectivity index (χ1v) is 19.4. The number of methoxy groups -OCH3 is 1. The van der Waals surface area contributed by atoms with Gasteiger partial charge in [-0.3, -0.25) is 14.4 Å². The summed E-state index contributed by atoms with van der Waals surface area (Å²) in [5, 5.41) is 52.0. The van der Waals surface area contributed by atoms with Gasteiger partial charge in [0.15, 0.2) is 0 Å². The maximum atomic E-state index is 12.5. The highest BCUT2D eigenvalue weighted by atomic mass is 19.4. The van der Waals surface area contributed by atoms with Crippen molar-refractivity contribution in [3.8, 4) is 24.0 Å². The Morgan fingerprint density at radius 1 is 0.586 bits per heavy atom. The number of aryl methyl sites for hydroxylation is 4. The summed E-state index contributed by atoms with van der Waals surface area (Å²) in [4.78, 5) is 31.9. The minimum absolute atomic E-state index is 0.272. The molecule has 0 heterocycles. The fourth-order valence-corrected chi connectivity index (χ4v) is 5.74. The number of carboxylic acids is 3. The average molecular weight is 806 g/mol. The van der Waals surface area contributed by atoms with Gasteiger partial charge in [-0.05, 0) is 99.6 Å². The van der Waals surface area contributed by atoms with Crippen LogP contribution in [0.5, 0.6) is 5.75 Å². The van der Waals surface area contributed by atoms with Crippen molar-refractivity contribution in [3.05, 3.63) is 101 Å². The van der Waals surface area contributed by atoms with E-state index in [2.05, 4.69) is 31.2 Å². The molecule has 3 rings (SSSR count). The van der Waals surface area contributed by atoms with Gasteiger partial charge >= 0.3 is 24.1 Å². The number of benzene rings is 3. The molecule has 0 spiro atoms. The molecule has 13 heteroatoms. The Labute approximate surface area is 339 Å². The van der Waals surface area contributed by atoms with E-state index in [9.17, 15) is 27.6 Å². The van der Waals surface area contributed by atoms with Gasteiger partial charge in [0.1, 0.15) is 23.5 Å². The zero-order chi connectivity index (χ0) is 43.3. The van der Waals surface area contributed by atoms with Crippen molar-refractivity contribution in [1.29, 1.82) is 15.8 Å². The Bertz CT molecular complexity index is 1790. The lowest BCUT2D eigenvalue weighted by Gasteiger charge is -2.09. The molecule has 0 fully saturated rings. The van der Waals surface area contributed by atoms with Gasteiger partial charge in [-0.2, -0.15) is 29.0 Å². The molecule has 3 aromatic rings. The number of hydrogen-bond acceptors (Lipinski definition) is 7. The lowest BCUT2D eigenvalue weighted by molar-refractivity contribution is -0.141. The molecule has 0 saturated carbocycles. The molecule has 0 amide bonds. The number of nitrogens with zero attached hydrogens (tertiary/aromatic N) is 3. The summed E-state index contributed by atoms with van der Waals surface area (Å²) in [6.45, 7) is 2.07. The van der Waals surface area contributed by atoms with E-state index in [1.807, 2.05) is 36.4 Å². The summed E-state index contributed by atoms with van der Waals surface area (Å²) in [6, 6.07) is 26.9. The number of carboxylic acid groups (broad SMARTS) is 3. The zero-order valence-electron chi connectivity index (χ0n) is 33.2. The Morgan fingerprint density at radius 3 is 1.31 bits per heavy atom. The molecule has 0 radical (unpaired) electrons. The van der Waals surface area contributed by atoms with E-state index in [-0.39, 0.29) is 6.42 Å². The van der Waals surface area contributed by atoms with E-state index in [0.717, 1.165) is 69.2 Å². The van der Waals surface area contributed by atoms with Crippen molar-refractivity contribution in [2.24, 2.45) is 17.8 Å². The van der Waals surface area contributed by atoms with Crippen molar-refractivity contribution in [2.45, 2.75) is 109 Å². The van der Waals surface area contributed by atoms with Crippen LogP contribution in [0.2, 0.25) is 0 Å². The molecule has 3 atom stereocenters. The van der Waals surface area contributed by atoms with Crippen LogP contribution in [0.4, 0.5) is 13.2 Å². The van der Waals surface area contributed by atoms with Crippen molar-refractivity contribution in [3.63, 3.8) is 0 Å². The molecule has 3 aromatic carbocycles. The van der Waals surface area contributed by atoms with E-state index in [0.29, 0.717) is 44.1 Å². The number of hydrogen-bond donors (Lipinski definition) is 3. The third-order valence-corrected chi connectivity index (χ3v) is 9.27. The summed E-state index contributed by atoms with van der Waals surface area (Å²) in [5.74, 6) is -5.00. The molecule has 0 aromatic heterocycles. The number of halogens is 3. The molecular weight excluding hydrogens is 752 g/mol. The lowest BCUT2D eigenvalue weighted by Crippen LogP contribution is -2.10. The highest BCUT2D eigenvalue weighted by molar-refractivity contribution is 5.73. The van der Waals surface area contributed by atoms with Gasteiger partial charge in [0.05, 0.1) is 30.9 Å². The maximum absolute atomic E-state index is 12.5. The molecule has 0 aliphatic rings. The summed E-state index contributed by atoms with van der Waals surface area (Å²) in [7, 11) is 1.64. The normalized spacial score (nSPS) is 12.0. The minimum Gasteiger partial charge on any atom is -0.497 e. The van der Waals surface area contributed by atoms with Gasteiger partial charge in [-0.1, -0.05) is 98.7 Å². The molecule has 0 aliphatic heterocycles. The van der Waals surface area contributed by atoms with Crippen LogP contribution in [0, 0.1) is 58.7 Å². The number of nitriles is 3. The SMILES string of the molecule is COc1ccc(CCCCCC(C#N)C(=O)O)cc1.Cc1ccc(CCCCCC(C#N)C(=O)O)cc1.N#CC(CCCCCc1cccc(C(F)(F)F)c1)C(=O)O. The molecule has 0 bridgehead atoms. The number of alkyl halides is 3. The van der Waals surface area contributed by atoms with Crippen molar-refractivity contribution >= 4 is 17.9 Å². The van der Waals surface area contributed by atoms with E-state index in [1.54, 1.807) is 19.2 Å². The predicted octanol–water partition coefficient (Wildman–Crippen LogP) is 10.4.